The van der Waals surface area contributed by atoms with Crippen LogP contribution in [0.1, 0.15) is 29.2 Å². The molecule has 0 aliphatic carbocycles. The molecule has 26 heavy (non-hydrogen) atoms. The van der Waals surface area contributed by atoms with E-state index < -0.39 is 0 Å². The summed E-state index contributed by atoms with van der Waals surface area (Å²) in [6, 6.07) is 5.40. The highest BCUT2D eigenvalue weighted by molar-refractivity contribution is 6.39. The molecule has 6 nitrogen and oxygen atoms in total. The monoisotopic (exact) mass is 391 g/mol. The van der Waals surface area contributed by atoms with Gasteiger partial charge in [0.05, 0.1) is 5.02 Å². The lowest BCUT2D eigenvalue weighted by molar-refractivity contribution is 0.0684. The number of benzene rings is 1. The number of fused-ring (bicyclic) bond motifs is 1. The Bertz CT molecular complexity index is 956. The fourth-order valence-corrected chi connectivity index (χ4v) is 3.98. The normalized spacial score (nSPS) is 15.7. The lowest BCUT2D eigenvalue weighted by atomic mass is 9.93. The Morgan fingerprint density at radius 2 is 2.08 bits per heavy atom. The van der Waals surface area contributed by atoms with E-state index in [9.17, 15) is 4.79 Å². The molecule has 1 N–H and O–H groups in total. The van der Waals surface area contributed by atoms with Crippen molar-refractivity contribution in [2.75, 3.05) is 13.1 Å². The molecule has 0 radical (unpaired) electrons. The van der Waals surface area contributed by atoms with Crippen molar-refractivity contribution in [3.8, 4) is 0 Å². The molecule has 3 aromatic rings. The van der Waals surface area contributed by atoms with E-state index in [1.54, 1.807) is 18.5 Å². The number of nitrogens with zero attached hydrogens (tertiary/aromatic N) is 4. The van der Waals surface area contributed by atoms with Gasteiger partial charge in [-0.3, -0.25) is 4.79 Å². The van der Waals surface area contributed by atoms with Gasteiger partial charge in [-0.05, 0) is 37.0 Å². The van der Waals surface area contributed by atoms with Gasteiger partial charge in [-0.1, -0.05) is 23.2 Å². The Balaban J connectivity index is 1.45. The van der Waals surface area contributed by atoms with Crippen LogP contribution in [-0.4, -0.2) is 43.6 Å². The van der Waals surface area contributed by atoms with Crippen LogP contribution < -0.4 is 0 Å². The number of hydrogen-bond donors (Lipinski definition) is 1. The molecule has 4 rings (SSSR count). The van der Waals surface area contributed by atoms with Crippen LogP contribution in [-0.2, 0) is 13.5 Å². The summed E-state index contributed by atoms with van der Waals surface area (Å²) in [6.07, 6.45) is 4.51. The molecule has 0 spiro atoms. The predicted octanol–water partition coefficient (Wildman–Crippen LogP) is 3.70. The van der Waals surface area contributed by atoms with Crippen molar-refractivity contribution in [1.29, 1.82) is 0 Å². The Hall–Kier alpha value is -2.05. The molecule has 0 saturated carbocycles. The number of rotatable bonds is 3. The van der Waals surface area contributed by atoms with Crippen molar-refractivity contribution in [1.82, 2.24) is 24.6 Å². The number of nitrogens with one attached hydrogen (secondary N) is 1. The highest BCUT2D eigenvalue weighted by Crippen LogP contribution is 2.31. The summed E-state index contributed by atoms with van der Waals surface area (Å²) in [7, 11) is 1.96. The molecule has 136 valence electrons. The molecule has 0 unspecified atom stereocenters. The number of halogens is 2. The zero-order valence-electron chi connectivity index (χ0n) is 14.4. The topological polar surface area (TPSA) is 66.8 Å². The van der Waals surface area contributed by atoms with E-state index in [1.807, 2.05) is 22.6 Å². The first kappa shape index (κ1) is 17.4. The molecular weight excluding hydrogens is 373 g/mol. The van der Waals surface area contributed by atoms with Gasteiger partial charge in [0.25, 0.3) is 5.91 Å². The number of aryl methyl sites for hydroxylation is 1. The molecule has 1 aliphatic heterocycles. The molecule has 1 amide bonds. The summed E-state index contributed by atoms with van der Waals surface area (Å²) in [5, 5.41) is 9.90. The van der Waals surface area contributed by atoms with Crippen molar-refractivity contribution in [3.63, 3.8) is 0 Å². The Labute approximate surface area is 161 Å². The van der Waals surface area contributed by atoms with Gasteiger partial charge >= 0.3 is 0 Å². The van der Waals surface area contributed by atoms with Crippen LogP contribution in [0.4, 0.5) is 0 Å². The second kappa shape index (κ2) is 6.93. The van der Waals surface area contributed by atoms with Gasteiger partial charge in [-0.15, -0.1) is 10.2 Å². The average Bonchev–Trinajstić information content (AvgIpc) is 3.19. The Morgan fingerprint density at radius 3 is 2.77 bits per heavy atom. The molecule has 3 heterocycles. The number of piperidine rings is 1. The molecule has 1 fully saturated rings. The maximum atomic E-state index is 12.9. The number of hydrogen-bond acceptors (Lipinski definition) is 3. The highest BCUT2D eigenvalue weighted by Gasteiger charge is 2.27. The SMILES string of the molecule is Cn1cnnc1CC1CCN(C(=O)c2[nH]c3ccc(Cl)cc3c2Cl)CC1. The van der Waals surface area contributed by atoms with Gasteiger partial charge < -0.3 is 14.5 Å². The van der Waals surface area contributed by atoms with Crippen molar-refractivity contribution < 1.29 is 4.79 Å². The quantitative estimate of drug-likeness (QED) is 0.739. The third-order valence-electron chi connectivity index (χ3n) is 5.09. The summed E-state index contributed by atoms with van der Waals surface area (Å²) in [5.41, 5.74) is 1.26. The molecule has 2 aromatic heterocycles. The fourth-order valence-electron chi connectivity index (χ4n) is 3.53. The smallest absolute Gasteiger partial charge is 0.271 e. The van der Waals surface area contributed by atoms with Crippen LogP contribution in [0.5, 0.6) is 0 Å². The number of H-pyrrole nitrogens is 1. The number of carbonyl (C=O) groups is 1. The van der Waals surface area contributed by atoms with Crippen molar-refractivity contribution in [2.24, 2.45) is 13.0 Å². The summed E-state index contributed by atoms with van der Waals surface area (Å²) in [4.78, 5) is 17.9. The zero-order valence-corrected chi connectivity index (χ0v) is 15.9. The Morgan fingerprint density at radius 1 is 1.31 bits per heavy atom. The van der Waals surface area contributed by atoms with E-state index >= 15 is 0 Å². The molecule has 8 heteroatoms. The summed E-state index contributed by atoms with van der Waals surface area (Å²) < 4.78 is 1.95. The Kier molecular flexibility index (Phi) is 4.63. The number of aromatic amines is 1. The maximum absolute atomic E-state index is 12.9. The zero-order chi connectivity index (χ0) is 18.3. The molecule has 0 bridgehead atoms. The van der Waals surface area contributed by atoms with Crippen LogP contribution in [0.3, 0.4) is 0 Å². The first-order valence-corrected chi connectivity index (χ1v) is 9.37. The molecular formula is C18H19Cl2N5O. The summed E-state index contributed by atoms with van der Waals surface area (Å²) in [5.74, 6) is 1.45. The lowest BCUT2D eigenvalue weighted by Crippen LogP contribution is -2.39. The van der Waals surface area contributed by atoms with Gasteiger partial charge in [-0.25, -0.2) is 0 Å². The van der Waals surface area contributed by atoms with Crippen molar-refractivity contribution in [2.45, 2.75) is 19.3 Å². The van der Waals surface area contributed by atoms with Crippen LogP contribution in [0.2, 0.25) is 10.0 Å². The standard InChI is InChI=1S/C18H19Cl2N5O/c1-24-10-21-23-15(24)8-11-4-6-25(7-5-11)18(26)17-16(20)13-9-12(19)2-3-14(13)22-17/h2-3,9-11,22H,4-8H2,1H3. The predicted molar refractivity (Wildman–Crippen MR) is 102 cm³/mol. The van der Waals surface area contributed by atoms with E-state index in [-0.39, 0.29) is 5.91 Å². The van der Waals surface area contributed by atoms with Crippen LogP contribution in [0.15, 0.2) is 24.5 Å². The third kappa shape index (κ3) is 3.19. The first-order chi connectivity index (χ1) is 12.5. The van der Waals surface area contributed by atoms with Gasteiger partial charge in [0.2, 0.25) is 0 Å². The largest absolute Gasteiger partial charge is 0.349 e. The minimum atomic E-state index is -0.0561. The van der Waals surface area contributed by atoms with E-state index in [0.29, 0.717) is 34.7 Å². The van der Waals surface area contributed by atoms with Gasteiger partial charge in [0.1, 0.15) is 17.8 Å². The third-order valence-corrected chi connectivity index (χ3v) is 5.72. The van der Waals surface area contributed by atoms with Crippen molar-refractivity contribution in [3.05, 3.63) is 46.1 Å². The average molecular weight is 392 g/mol. The number of aromatic nitrogens is 4. The maximum Gasteiger partial charge on any atom is 0.271 e. The van der Waals surface area contributed by atoms with E-state index in [0.717, 1.165) is 36.0 Å². The van der Waals surface area contributed by atoms with E-state index in [1.165, 1.54) is 0 Å². The minimum Gasteiger partial charge on any atom is -0.349 e. The molecule has 1 saturated heterocycles. The molecule has 0 atom stereocenters. The number of likely N-dealkylation sites (tertiary alicyclic amines) is 1. The van der Waals surface area contributed by atoms with Gasteiger partial charge in [0, 0.05) is 42.5 Å². The van der Waals surface area contributed by atoms with Crippen LogP contribution in [0.25, 0.3) is 10.9 Å². The fraction of sp³-hybridized carbons (Fsp3) is 0.389. The minimum absolute atomic E-state index is 0.0561. The van der Waals surface area contributed by atoms with Crippen LogP contribution in [0, 0.1) is 5.92 Å². The van der Waals surface area contributed by atoms with Crippen molar-refractivity contribution >= 4 is 40.0 Å². The molecule has 1 aromatic carbocycles. The number of carbonyl (C=O) groups excluding carboxylic acids is 1. The van der Waals surface area contributed by atoms with Gasteiger partial charge in [0.15, 0.2) is 0 Å². The van der Waals surface area contributed by atoms with Crippen LogP contribution >= 0.6 is 23.2 Å². The lowest BCUT2D eigenvalue weighted by Gasteiger charge is -2.31. The second-order valence-electron chi connectivity index (χ2n) is 6.80. The summed E-state index contributed by atoms with van der Waals surface area (Å²) >= 11 is 12.5. The highest BCUT2D eigenvalue weighted by atomic mass is 35.5. The second-order valence-corrected chi connectivity index (χ2v) is 7.62. The first-order valence-electron chi connectivity index (χ1n) is 8.62. The van der Waals surface area contributed by atoms with E-state index in [2.05, 4.69) is 15.2 Å². The number of amides is 1. The molecule has 1 aliphatic rings. The van der Waals surface area contributed by atoms with Gasteiger partial charge in [-0.2, -0.15) is 0 Å². The summed E-state index contributed by atoms with van der Waals surface area (Å²) in [6.45, 7) is 1.43. The van der Waals surface area contributed by atoms with E-state index in [4.69, 9.17) is 23.2 Å².